The van der Waals surface area contributed by atoms with Gasteiger partial charge in [-0.05, 0) is 25.3 Å². The Morgan fingerprint density at radius 2 is 1.68 bits per heavy atom. The van der Waals surface area contributed by atoms with Crippen LogP contribution in [0.2, 0.25) is 0 Å². The minimum atomic E-state index is -0.287. The molecule has 0 bridgehead atoms. The normalized spacial score (nSPS) is 14.4. The smallest absolute Gasteiger partial charge is 0.279 e. The van der Waals surface area contributed by atoms with Gasteiger partial charge in [-0.15, -0.1) is 5.10 Å². The largest absolute Gasteiger partial charge is 0.353 e. The molecule has 4 aromatic rings. The molecule has 5 rings (SSSR count). The Morgan fingerprint density at radius 3 is 2.38 bits per heavy atom. The number of hydrogen-bond acceptors (Lipinski definition) is 4. The summed E-state index contributed by atoms with van der Waals surface area (Å²) in [7, 11) is 0. The van der Waals surface area contributed by atoms with Crippen LogP contribution in [0.3, 0.4) is 0 Å². The minimum Gasteiger partial charge on any atom is -0.353 e. The van der Waals surface area contributed by atoms with Gasteiger partial charge in [0.1, 0.15) is 0 Å². The highest BCUT2D eigenvalue weighted by atomic mass is 16.2. The summed E-state index contributed by atoms with van der Waals surface area (Å²) in [4.78, 5) is 31.1. The van der Waals surface area contributed by atoms with Gasteiger partial charge < -0.3 is 9.88 Å². The molecule has 0 radical (unpaired) electrons. The first-order valence-corrected chi connectivity index (χ1v) is 12.0. The molecular formula is C27H29N5O2. The zero-order valence-electron chi connectivity index (χ0n) is 19.4. The van der Waals surface area contributed by atoms with E-state index in [1.54, 1.807) is 0 Å². The average molecular weight is 456 g/mol. The standard InChI is InChI=1S/C27H29N5O2/c1-19-23(17-24(33)28-22-15-9-4-10-16-22)26(34)32-27(31(19)18-20-11-5-2-6-12-20)29-25(30-32)21-13-7-3-8-14-21/h2-3,5-8,11-14,22H,4,9-10,15-18H2,1H3,(H,28,33). The fourth-order valence-electron chi connectivity index (χ4n) is 4.76. The molecule has 0 unspecified atom stereocenters. The molecule has 34 heavy (non-hydrogen) atoms. The lowest BCUT2D eigenvalue weighted by molar-refractivity contribution is -0.121. The second-order valence-electron chi connectivity index (χ2n) is 9.03. The van der Waals surface area contributed by atoms with Crippen LogP contribution in [-0.2, 0) is 17.8 Å². The molecule has 1 aliphatic rings. The SMILES string of the molecule is Cc1c(CC(=O)NC2CCCCC2)c(=O)n2nc(-c3ccccc3)nc2n1Cc1ccccc1. The molecule has 1 saturated carbocycles. The zero-order valence-corrected chi connectivity index (χ0v) is 19.4. The molecule has 0 spiro atoms. The van der Waals surface area contributed by atoms with E-state index in [4.69, 9.17) is 4.98 Å². The topological polar surface area (TPSA) is 81.3 Å². The van der Waals surface area contributed by atoms with Crippen LogP contribution in [0.1, 0.15) is 48.9 Å². The zero-order chi connectivity index (χ0) is 23.5. The van der Waals surface area contributed by atoms with Crippen LogP contribution in [0, 0.1) is 6.92 Å². The molecule has 2 aromatic carbocycles. The molecule has 1 aliphatic carbocycles. The molecule has 1 fully saturated rings. The van der Waals surface area contributed by atoms with Crippen molar-refractivity contribution >= 4 is 11.7 Å². The van der Waals surface area contributed by atoms with E-state index in [1.807, 2.05) is 72.2 Å². The van der Waals surface area contributed by atoms with Crippen LogP contribution >= 0.6 is 0 Å². The molecule has 1 N–H and O–H groups in total. The maximum atomic E-state index is 13.5. The summed E-state index contributed by atoms with van der Waals surface area (Å²) in [6.45, 7) is 2.42. The first-order chi connectivity index (χ1) is 16.6. The molecule has 7 nitrogen and oxygen atoms in total. The Labute approximate surface area is 198 Å². The predicted molar refractivity (Wildman–Crippen MR) is 132 cm³/mol. The summed E-state index contributed by atoms with van der Waals surface area (Å²) >= 11 is 0. The third kappa shape index (κ3) is 4.51. The third-order valence-corrected chi connectivity index (χ3v) is 6.65. The van der Waals surface area contributed by atoms with E-state index in [0.29, 0.717) is 23.7 Å². The average Bonchev–Trinajstić information content (AvgIpc) is 3.32. The van der Waals surface area contributed by atoms with Crippen LogP contribution in [0.4, 0.5) is 0 Å². The molecule has 0 saturated heterocycles. The van der Waals surface area contributed by atoms with Gasteiger partial charge >= 0.3 is 0 Å². The Balaban J connectivity index is 1.57. The molecule has 1 amide bonds. The van der Waals surface area contributed by atoms with Crippen molar-refractivity contribution in [1.82, 2.24) is 24.5 Å². The number of aromatic nitrogens is 4. The monoisotopic (exact) mass is 455 g/mol. The number of nitrogens with one attached hydrogen (secondary N) is 1. The van der Waals surface area contributed by atoms with Gasteiger partial charge in [0.2, 0.25) is 11.7 Å². The van der Waals surface area contributed by atoms with Gasteiger partial charge in [-0.3, -0.25) is 9.59 Å². The first kappa shape index (κ1) is 22.1. The van der Waals surface area contributed by atoms with Gasteiger partial charge in [-0.25, -0.2) is 0 Å². The molecular weight excluding hydrogens is 426 g/mol. The van der Waals surface area contributed by atoms with Crippen molar-refractivity contribution < 1.29 is 4.79 Å². The van der Waals surface area contributed by atoms with Crippen LogP contribution in [0.15, 0.2) is 65.5 Å². The Kier molecular flexibility index (Phi) is 6.25. The van der Waals surface area contributed by atoms with Gasteiger partial charge in [0, 0.05) is 22.9 Å². The van der Waals surface area contributed by atoms with E-state index in [1.165, 1.54) is 10.9 Å². The fraction of sp³-hybridized carbons (Fsp3) is 0.333. The Bertz CT molecular complexity index is 1350. The maximum Gasteiger partial charge on any atom is 0.279 e. The molecule has 0 atom stereocenters. The van der Waals surface area contributed by atoms with Crippen molar-refractivity contribution in [3.63, 3.8) is 0 Å². The van der Waals surface area contributed by atoms with Crippen molar-refractivity contribution in [2.75, 3.05) is 0 Å². The third-order valence-electron chi connectivity index (χ3n) is 6.65. The van der Waals surface area contributed by atoms with E-state index in [9.17, 15) is 9.59 Å². The number of fused-ring (bicyclic) bond motifs is 1. The van der Waals surface area contributed by atoms with Crippen molar-refractivity contribution in [1.29, 1.82) is 0 Å². The highest BCUT2D eigenvalue weighted by Gasteiger charge is 2.22. The summed E-state index contributed by atoms with van der Waals surface area (Å²) in [5, 5.41) is 7.69. The fourth-order valence-corrected chi connectivity index (χ4v) is 4.76. The van der Waals surface area contributed by atoms with Gasteiger partial charge in [-0.2, -0.15) is 9.50 Å². The molecule has 0 aliphatic heterocycles. The lowest BCUT2D eigenvalue weighted by atomic mass is 9.95. The number of rotatable bonds is 6. The number of amides is 1. The number of carbonyl (C=O) groups excluding carboxylic acids is 1. The van der Waals surface area contributed by atoms with Crippen molar-refractivity contribution in [3.05, 3.63) is 87.8 Å². The minimum absolute atomic E-state index is 0.0342. The van der Waals surface area contributed by atoms with Gasteiger partial charge in [0.15, 0.2) is 5.82 Å². The first-order valence-electron chi connectivity index (χ1n) is 12.0. The number of hydrogen-bond donors (Lipinski definition) is 1. The van der Waals surface area contributed by atoms with E-state index in [2.05, 4.69) is 10.4 Å². The van der Waals surface area contributed by atoms with Crippen molar-refractivity contribution in [2.24, 2.45) is 0 Å². The van der Waals surface area contributed by atoms with Crippen LogP contribution in [0.25, 0.3) is 17.2 Å². The van der Waals surface area contributed by atoms with Gasteiger partial charge in [0.05, 0.1) is 13.0 Å². The predicted octanol–water partition coefficient (Wildman–Crippen LogP) is 3.91. The van der Waals surface area contributed by atoms with Crippen molar-refractivity contribution in [2.45, 2.75) is 58.0 Å². The van der Waals surface area contributed by atoms with Crippen molar-refractivity contribution in [3.8, 4) is 11.4 Å². The molecule has 2 heterocycles. The van der Waals surface area contributed by atoms with Gasteiger partial charge in [-0.1, -0.05) is 79.9 Å². The van der Waals surface area contributed by atoms with E-state index < -0.39 is 0 Å². The summed E-state index contributed by atoms with van der Waals surface area (Å²) in [6.07, 6.45) is 5.55. The number of benzene rings is 2. The van der Waals surface area contributed by atoms with Gasteiger partial charge in [0.25, 0.3) is 5.56 Å². The Hall–Kier alpha value is -3.74. The van der Waals surface area contributed by atoms with E-state index in [-0.39, 0.29) is 23.9 Å². The quantitative estimate of drug-likeness (QED) is 0.478. The number of carbonyl (C=O) groups is 1. The number of nitrogens with zero attached hydrogens (tertiary/aromatic N) is 4. The van der Waals surface area contributed by atoms with Crippen LogP contribution in [-0.4, -0.2) is 31.1 Å². The summed E-state index contributed by atoms with van der Waals surface area (Å²) < 4.78 is 3.33. The highest BCUT2D eigenvalue weighted by molar-refractivity contribution is 5.79. The Morgan fingerprint density at radius 1 is 1.00 bits per heavy atom. The van der Waals surface area contributed by atoms with E-state index in [0.717, 1.165) is 42.5 Å². The summed E-state index contributed by atoms with van der Waals surface area (Å²) in [6, 6.07) is 19.9. The van der Waals surface area contributed by atoms with Crippen LogP contribution in [0.5, 0.6) is 0 Å². The van der Waals surface area contributed by atoms with E-state index >= 15 is 0 Å². The summed E-state index contributed by atoms with van der Waals surface area (Å²) in [5.74, 6) is 0.852. The lowest BCUT2D eigenvalue weighted by Gasteiger charge is -2.23. The second kappa shape index (κ2) is 9.63. The van der Waals surface area contributed by atoms with Crippen LogP contribution < -0.4 is 10.9 Å². The second-order valence-corrected chi connectivity index (χ2v) is 9.03. The summed E-state index contributed by atoms with van der Waals surface area (Å²) in [5.41, 5.74) is 2.84. The maximum absolute atomic E-state index is 13.5. The molecule has 7 heteroatoms. The molecule has 2 aromatic heterocycles. The molecule has 174 valence electrons. The highest BCUT2D eigenvalue weighted by Crippen LogP contribution is 2.20. The lowest BCUT2D eigenvalue weighted by Crippen LogP contribution is -2.39.